The van der Waals surface area contributed by atoms with E-state index in [0.29, 0.717) is 44.8 Å². The third-order valence-electron chi connectivity index (χ3n) is 5.62. The molecule has 33 heavy (non-hydrogen) atoms. The highest BCUT2D eigenvalue weighted by Crippen LogP contribution is 2.32. The van der Waals surface area contributed by atoms with E-state index in [9.17, 15) is 12.8 Å². The number of hydrogen-bond acceptors (Lipinski definition) is 7. The molecule has 0 aliphatic rings. The van der Waals surface area contributed by atoms with Crippen LogP contribution in [0.2, 0.25) is 0 Å². The van der Waals surface area contributed by atoms with Crippen LogP contribution in [-0.4, -0.2) is 44.2 Å². The summed E-state index contributed by atoms with van der Waals surface area (Å²) >= 11 is 0. The number of rotatable bonds is 4. The molecule has 0 amide bonds. The Bertz CT molecular complexity index is 1660. The molecule has 2 aromatic carbocycles. The van der Waals surface area contributed by atoms with Crippen molar-refractivity contribution in [2.75, 3.05) is 12.0 Å². The normalized spacial score (nSPS) is 13.1. The van der Waals surface area contributed by atoms with Gasteiger partial charge in [-0.3, -0.25) is 0 Å². The Morgan fingerprint density at radius 1 is 1.09 bits per heavy atom. The lowest BCUT2D eigenvalue weighted by molar-refractivity contribution is 0.558. The minimum atomic E-state index is -3.43. The molecule has 0 saturated heterocycles. The Balaban J connectivity index is 1.74. The van der Waals surface area contributed by atoms with Gasteiger partial charge in [0.05, 0.1) is 38.9 Å². The maximum absolute atomic E-state index is 14.2. The first-order chi connectivity index (χ1) is 15.6. The van der Waals surface area contributed by atoms with Gasteiger partial charge in [-0.25, -0.2) is 32.1 Å². The molecule has 0 fully saturated rings. The molecule has 0 saturated carbocycles. The van der Waals surface area contributed by atoms with Crippen molar-refractivity contribution in [1.29, 1.82) is 0 Å². The molecular weight excluding hydrogens is 445 g/mol. The molecule has 0 spiro atoms. The molecule has 11 heteroatoms. The molecule has 0 bridgehead atoms. The third-order valence-corrected chi connectivity index (χ3v) is 6.73. The Kier molecular flexibility index (Phi) is 4.67. The molecule has 5 rings (SSSR count). The van der Waals surface area contributed by atoms with Gasteiger partial charge in [0.2, 0.25) is 0 Å². The molecule has 9 nitrogen and oxygen atoms in total. The molecule has 0 aliphatic heterocycles. The summed E-state index contributed by atoms with van der Waals surface area (Å²) in [5, 5.41) is 10.7. The van der Waals surface area contributed by atoms with Crippen LogP contribution >= 0.6 is 0 Å². The lowest BCUT2D eigenvalue weighted by Crippen LogP contribution is -2.11. The van der Waals surface area contributed by atoms with Crippen molar-refractivity contribution in [3.8, 4) is 5.69 Å². The van der Waals surface area contributed by atoms with E-state index in [0.717, 1.165) is 6.26 Å². The number of sulfone groups is 1. The number of aromatic nitrogens is 6. The van der Waals surface area contributed by atoms with Crippen LogP contribution in [0.4, 0.5) is 10.2 Å². The van der Waals surface area contributed by atoms with Crippen molar-refractivity contribution in [2.24, 2.45) is 0 Å². The van der Waals surface area contributed by atoms with E-state index in [1.165, 1.54) is 30.6 Å². The lowest BCUT2D eigenvalue weighted by atomic mass is 10.1. The van der Waals surface area contributed by atoms with Crippen molar-refractivity contribution in [3.63, 3.8) is 0 Å². The van der Waals surface area contributed by atoms with Gasteiger partial charge in [0.25, 0.3) is 0 Å². The van der Waals surface area contributed by atoms with Crippen molar-refractivity contribution in [1.82, 2.24) is 29.5 Å². The van der Waals surface area contributed by atoms with Crippen LogP contribution in [0, 0.1) is 12.7 Å². The number of nitrogens with two attached hydrogens (primary N) is 1. The Morgan fingerprint density at radius 3 is 2.64 bits per heavy atom. The van der Waals surface area contributed by atoms with Gasteiger partial charge in [-0.1, -0.05) is 6.07 Å². The molecule has 0 radical (unpaired) electrons. The van der Waals surface area contributed by atoms with E-state index in [1.54, 1.807) is 27.6 Å². The number of benzene rings is 2. The number of nitrogen functional groups attached to an aromatic ring is 1. The van der Waals surface area contributed by atoms with Gasteiger partial charge in [-0.05, 0) is 44.2 Å². The van der Waals surface area contributed by atoms with E-state index in [1.807, 2.05) is 13.8 Å². The molecule has 1 unspecified atom stereocenters. The first kappa shape index (κ1) is 21.0. The monoisotopic (exact) mass is 465 g/mol. The van der Waals surface area contributed by atoms with Crippen LogP contribution < -0.4 is 5.73 Å². The van der Waals surface area contributed by atoms with Crippen molar-refractivity contribution < 1.29 is 12.8 Å². The highest BCUT2D eigenvalue weighted by atomic mass is 32.2. The van der Waals surface area contributed by atoms with Crippen molar-refractivity contribution in [2.45, 2.75) is 24.8 Å². The second-order valence-corrected chi connectivity index (χ2v) is 9.91. The van der Waals surface area contributed by atoms with Gasteiger partial charge in [-0.2, -0.15) is 10.2 Å². The molecule has 5 aromatic rings. The summed E-state index contributed by atoms with van der Waals surface area (Å²) < 4.78 is 41.6. The summed E-state index contributed by atoms with van der Waals surface area (Å²) in [6.07, 6.45) is 2.52. The molecule has 3 aromatic heterocycles. The topological polar surface area (TPSA) is 122 Å². The van der Waals surface area contributed by atoms with Crippen LogP contribution in [0.25, 0.3) is 27.6 Å². The maximum atomic E-state index is 14.2. The highest BCUT2D eigenvalue weighted by Gasteiger charge is 2.23. The number of nitrogens with zero attached hydrogens (tertiary/aromatic N) is 6. The average Bonchev–Trinajstić information content (AvgIpc) is 3.31. The zero-order valence-electron chi connectivity index (χ0n) is 18.1. The number of aryl methyl sites for hydroxylation is 1. The summed E-state index contributed by atoms with van der Waals surface area (Å²) in [5.41, 5.74) is 8.91. The summed E-state index contributed by atoms with van der Waals surface area (Å²) in [4.78, 5) is 8.55. The second-order valence-electron chi connectivity index (χ2n) is 7.89. The largest absolute Gasteiger partial charge is 0.383 e. The zero-order valence-corrected chi connectivity index (χ0v) is 18.9. The van der Waals surface area contributed by atoms with Gasteiger partial charge in [0.1, 0.15) is 18.0 Å². The fourth-order valence-electron chi connectivity index (χ4n) is 4.02. The van der Waals surface area contributed by atoms with Gasteiger partial charge in [0.15, 0.2) is 15.5 Å². The molecule has 2 N–H and O–H groups in total. The maximum Gasteiger partial charge on any atom is 0.175 e. The number of fused-ring (bicyclic) bond motifs is 2. The standard InChI is InChI=1S/C22H20FN7O2S/c1-12-19-21(24)25-11-26-22(19)29(27-12)13(2)20-17-8-7-14(23)9-18(17)30(28-20)15-5-4-6-16(10-15)33(3,31)32/h4-11,13H,1-3H3,(H2,24,25,26). The van der Waals surface area contributed by atoms with Gasteiger partial charge >= 0.3 is 0 Å². The summed E-state index contributed by atoms with van der Waals surface area (Å²) in [6.45, 7) is 3.74. The highest BCUT2D eigenvalue weighted by molar-refractivity contribution is 7.90. The van der Waals surface area contributed by atoms with E-state index in [-0.39, 0.29) is 10.9 Å². The molecule has 1 atom stereocenters. The number of hydrogen-bond donors (Lipinski definition) is 1. The van der Waals surface area contributed by atoms with Crippen molar-refractivity contribution >= 4 is 37.6 Å². The minimum absolute atomic E-state index is 0.149. The zero-order chi connectivity index (χ0) is 23.5. The quantitative estimate of drug-likeness (QED) is 0.432. The molecular formula is C22H20FN7O2S. The lowest BCUT2D eigenvalue weighted by Gasteiger charge is -2.11. The predicted octanol–water partition coefficient (Wildman–Crippen LogP) is 3.21. The van der Waals surface area contributed by atoms with Gasteiger partial charge in [-0.15, -0.1) is 0 Å². The van der Waals surface area contributed by atoms with E-state index < -0.39 is 15.7 Å². The molecule has 0 aliphatic carbocycles. The van der Waals surface area contributed by atoms with Crippen molar-refractivity contribution in [3.05, 3.63) is 66.0 Å². The fourth-order valence-corrected chi connectivity index (χ4v) is 4.68. The summed E-state index contributed by atoms with van der Waals surface area (Å²) in [5.74, 6) is -0.0889. The van der Waals surface area contributed by atoms with Gasteiger partial charge in [0, 0.05) is 17.7 Å². The van der Waals surface area contributed by atoms with Crippen LogP contribution in [0.3, 0.4) is 0 Å². The minimum Gasteiger partial charge on any atom is -0.383 e. The van der Waals surface area contributed by atoms with E-state index in [4.69, 9.17) is 10.8 Å². The summed E-state index contributed by atoms with van der Waals surface area (Å²) in [7, 11) is -3.43. The first-order valence-corrected chi connectivity index (χ1v) is 12.0. The van der Waals surface area contributed by atoms with Crippen LogP contribution in [0.15, 0.2) is 53.7 Å². The number of anilines is 1. The van der Waals surface area contributed by atoms with Gasteiger partial charge < -0.3 is 5.73 Å². The van der Waals surface area contributed by atoms with E-state index >= 15 is 0 Å². The second kappa shape index (κ2) is 7.34. The number of halogens is 1. The molecule has 3 heterocycles. The van der Waals surface area contributed by atoms with E-state index in [2.05, 4.69) is 15.1 Å². The average molecular weight is 466 g/mol. The Hall–Kier alpha value is -3.86. The Morgan fingerprint density at radius 2 is 1.88 bits per heavy atom. The first-order valence-electron chi connectivity index (χ1n) is 10.1. The Labute approximate surface area is 188 Å². The van der Waals surface area contributed by atoms with Crippen LogP contribution in [-0.2, 0) is 9.84 Å². The molecule has 168 valence electrons. The fraction of sp³-hybridized carbons (Fsp3) is 0.182. The van der Waals surface area contributed by atoms with Crippen LogP contribution in [0.1, 0.15) is 24.4 Å². The smallest absolute Gasteiger partial charge is 0.175 e. The summed E-state index contributed by atoms with van der Waals surface area (Å²) in [6, 6.07) is 10.4. The van der Waals surface area contributed by atoms with Crippen LogP contribution in [0.5, 0.6) is 0 Å². The predicted molar refractivity (Wildman–Crippen MR) is 122 cm³/mol. The third kappa shape index (κ3) is 3.41. The SMILES string of the molecule is Cc1nn(C(C)c2nn(-c3cccc(S(C)(=O)=O)c3)c3cc(F)ccc23)c2ncnc(N)c12.